The van der Waals surface area contributed by atoms with E-state index in [9.17, 15) is 10.1 Å². The Balaban J connectivity index is 1.47. The van der Waals surface area contributed by atoms with Gasteiger partial charge in [-0.05, 0) is 28.2 Å². The molecule has 0 aliphatic rings. The highest BCUT2D eigenvalue weighted by molar-refractivity contribution is 5.62. The molecule has 0 fully saturated rings. The van der Waals surface area contributed by atoms with Crippen molar-refractivity contribution >= 4 is 17.3 Å². The molecule has 0 unspecified atom stereocenters. The van der Waals surface area contributed by atoms with Crippen molar-refractivity contribution in [2.75, 3.05) is 5.32 Å². The maximum atomic E-state index is 11.5. The van der Waals surface area contributed by atoms with Crippen molar-refractivity contribution in [1.82, 2.24) is 14.4 Å². The monoisotopic (exact) mass is 375 g/mol. The number of hydrogen-bond acceptors (Lipinski definition) is 6. The second-order valence-electron chi connectivity index (χ2n) is 6.10. The summed E-state index contributed by atoms with van der Waals surface area (Å²) in [6.07, 6.45) is 3.27. The molecule has 1 N–H and O–H groups in total. The van der Waals surface area contributed by atoms with Gasteiger partial charge in [-0.3, -0.25) is 0 Å². The smallest absolute Gasteiger partial charge is 0.372 e. The first-order chi connectivity index (χ1) is 13.7. The molecule has 1 aromatic carbocycles. The Morgan fingerprint density at radius 2 is 1.89 bits per heavy atom. The van der Waals surface area contributed by atoms with Gasteiger partial charge in [0.2, 0.25) is 17.3 Å². The van der Waals surface area contributed by atoms with E-state index in [0.717, 1.165) is 11.1 Å². The molecule has 0 aliphatic heterocycles. The lowest BCUT2D eigenvalue weighted by atomic mass is 10.2. The standard InChI is InChI=1S/C20H17N5O3/c26-25(27)20-19(23-17-8-4-5-11-24(17)20)22-13-16-9-10-21-18(12-16)28-14-15-6-2-1-3-7-15/h1-12,22H,13-14H2. The number of rotatable bonds is 7. The molecule has 0 saturated heterocycles. The van der Waals surface area contributed by atoms with Crippen LogP contribution in [0.2, 0.25) is 0 Å². The number of fused-ring (bicyclic) bond motifs is 1. The van der Waals surface area contributed by atoms with Crippen LogP contribution < -0.4 is 10.1 Å². The van der Waals surface area contributed by atoms with Crippen molar-refractivity contribution in [3.05, 3.63) is 94.3 Å². The van der Waals surface area contributed by atoms with E-state index in [2.05, 4.69) is 15.3 Å². The number of hydrogen-bond donors (Lipinski definition) is 1. The summed E-state index contributed by atoms with van der Waals surface area (Å²) in [6, 6.07) is 18.7. The van der Waals surface area contributed by atoms with Gasteiger partial charge in [-0.15, -0.1) is 0 Å². The number of nitrogens with one attached hydrogen (secondary N) is 1. The Morgan fingerprint density at radius 3 is 2.71 bits per heavy atom. The van der Waals surface area contributed by atoms with E-state index < -0.39 is 4.92 Å². The van der Waals surface area contributed by atoms with Gasteiger partial charge in [0.25, 0.3) is 0 Å². The van der Waals surface area contributed by atoms with Gasteiger partial charge in [-0.1, -0.05) is 36.4 Å². The second-order valence-corrected chi connectivity index (χ2v) is 6.10. The van der Waals surface area contributed by atoms with Gasteiger partial charge in [-0.2, -0.15) is 9.38 Å². The fraction of sp³-hybridized carbons (Fsp3) is 0.100. The molecular weight excluding hydrogens is 358 g/mol. The van der Waals surface area contributed by atoms with Gasteiger partial charge in [0, 0.05) is 24.9 Å². The molecule has 4 rings (SSSR count). The topological polar surface area (TPSA) is 94.6 Å². The van der Waals surface area contributed by atoms with E-state index in [0.29, 0.717) is 24.7 Å². The molecule has 0 radical (unpaired) electrons. The van der Waals surface area contributed by atoms with E-state index in [-0.39, 0.29) is 11.6 Å². The molecule has 4 aromatic rings. The zero-order valence-corrected chi connectivity index (χ0v) is 14.9. The lowest BCUT2D eigenvalue weighted by Crippen LogP contribution is -2.04. The maximum absolute atomic E-state index is 11.5. The number of aromatic nitrogens is 3. The summed E-state index contributed by atoms with van der Waals surface area (Å²) in [5.41, 5.74) is 2.44. The van der Waals surface area contributed by atoms with Gasteiger partial charge in [-0.25, -0.2) is 4.98 Å². The van der Waals surface area contributed by atoms with Crippen LogP contribution in [0.15, 0.2) is 73.1 Å². The highest BCUT2D eigenvalue weighted by Crippen LogP contribution is 2.26. The molecule has 3 aromatic heterocycles. The van der Waals surface area contributed by atoms with Crippen LogP contribution >= 0.6 is 0 Å². The zero-order chi connectivity index (χ0) is 19.3. The molecule has 8 heteroatoms. The third-order valence-electron chi connectivity index (χ3n) is 4.17. The van der Waals surface area contributed by atoms with Crippen LogP contribution in [0.1, 0.15) is 11.1 Å². The van der Waals surface area contributed by atoms with Crippen molar-refractivity contribution in [1.29, 1.82) is 0 Å². The Kier molecular flexibility index (Phi) is 4.83. The third kappa shape index (κ3) is 3.75. The van der Waals surface area contributed by atoms with Crippen molar-refractivity contribution in [2.45, 2.75) is 13.2 Å². The number of nitro groups is 1. The predicted octanol–water partition coefficient (Wildman–Crippen LogP) is 3.83. The molecule has 0 atom stereocenters. The molecule has 140 valence electrons. The average Bonchev–Trinajstić information content (AvgIpc) is 3.10. The largest absolute Gasteiger partial charge is 0.473 e. The van der Waals surface area contributed by atoms with E-state index >= 15 is 0 Å². The lowest BCUT2D eigenvalue weighted by Gasteiger charge is -2.08. The quantitative estimate of drug-likeness (QED) is 0.390. The van der Waals surface area contributed by atoms with Gasteiger partial charge in [0.15, 0.2) is 0 Å². The molecule has 0 amide bonds. The number of pyridine rings is 2. The van der Waals surface area contributed by atoms with Crippen molar-refractivity contribution < 1.29 is 9.66 Å². The zero-order valence-electron chi connectivity index (χ0n) is 14.9. The first-order valence-corrected chi connectivity index (χ1v) is 8.68. The summed E-state index contributed by atoms with van der Waals surface area (Å²) >= 11 is 0. The molecular formula is C20H17N5O3. The first-order valence-electron chi connectivity index (χ1n) is 8.68. The van der Waals surface area contributed by atoms with E-state index in [1.807, 2.05) is 36.4 Å². The van der Waals surface area contributed by atoms with E-state index in [1.54, 1.807) is 36.7 Å². The molecule has 8 nitrogen and oxygen atoms in total. The molecule has 28 heavy (non-hydrogen) atoms. The minimum absolute atomic E-state index is 0.0924. The summed E-state index contributed by atoms with van der Waals surface area (Å²) < 4.78 is 7.18. The van der Waals surface area contributed by atoms with Gasteiger partial charge >= 0.3 is 5.82 Å². The van der Waals surface area contributed by atoms with Crippen molar-refractivity contribution in [2.24, 2.45) is 0 Å². The summed E-state index contributed by atoms with van der Waals surface area (Å²) in [6.45, 7) is 0.775. The highest BCUT2D eigenvalue weighted by Gasteiger charge is 2.21. The fourth-order valence-electron chi connectivity index (χ4n) is 2.83. The number of anilines is 1. The lowest BCUT2D eigenvalue weighted by molar-refractivity contribution is -0.389. The first kappa shape index (κ1) is 17.5. The van der Waals surface area contributed by atoms with Crippen molar-refractivity contribution in [3.63, 3.8) is 0 Å². The van der Waals surface area contributed by atoms with E-state index in [4.69, 9.17) is 4.74 Å². The van der Waals surface area contributed by atoms with Crippen LogP contribution in [0.4, 0.5) is 11.6 Å². The number of ether oxygens (including phenoxy) is 1. The third-order valence-corrected chi connectivity index (χ3v) is 4.17. The Morgan fingerprint density at radius 1 is 1.07 bits per heavy atom. The summed E-state index contributed by atoms with van der Waals surface area (Å²) in [5.74, 6) is 0.623. The van der Waals surface area contributed by atoms with Crippen LogP contribution in [-0.2, 0) is 13.2 Å². The SMILES string of the molecule is O=[N+]([O-])c1c(NCc2ccnc(OCc3ccccc3)c2)nc2ccccn12. The molecule has 0 aliphatic carbocycles. The molecule has 0 saturated carbocycles. The van der Waals surface area contributed by atoms with Gasteiger partial charge in [0.1, 0.15) is 6.61 Å². The van der Waals surface area contributed by atoms with Crippen molar-refractivity contribution in [3.8, 4) is 5.88 Å². The van der Waals surface area contributed by atoms with Crippen LogP contribution in [0, 0.1) is 10.1 Å². The summed E-state index contributed by atoms with van der Waals surface area (Å²) in [7, 11) is 0. The molecule has 3 heterocycles. The van der Waals surface area contributed by atoms with Crippen LogP contribution in [0.25, 0.3) is 5.65 Å². The van der Waals surface area contributed by atoms with Crippen LogP contribution in [0.5, 0.6) is 5.88 Å². The van der Waals surface area contributed by atoms with Crippen LogP contribution in [-0.4, -0.2) is 19.3 Å². The minimum atomic E-state index is -0.441. The van der Waals surface area contributed by atoms with E-state index in [1.165, 1.54) is 4.40 Å². The van der Waals surface area contributed by atoms with Crippen LogP contribution in [0.3, 0.4) is 0 Å². The Hall–Kier alpha value is -3.94. The highest BCUT2D eigenvalue weighted by atomic mass is 16.6. The predicted molar refractivity (Wildman–Crippen MR) is 104 cm³/mol. The average molecular weight is 375 g/mol. The number of nitrogens with zero attached hydrogens (tertiary/aromatic N) is 4. The van der Waals surface area contributed by atoms with Gasteiger partial charge in [0.05, 0.1) is 6.20 Å². The molecule has 0 spiro atoms. The fourth-order valence-corrected chi connectivity index (χ4v) is 2.83. The maximum Gasteiger partial charge on any atom is 0.372 e. The number of imidazole rings is 1. The summed E-state index contributed by atoms with van der Waals surface area (Å²) in [4.78, 5) is 19.5. The Bertz CT molecular complexity index is 1110. The normalized spacial score (nSPS) is 10.7. The van der Waals surface area contributed by atoms with Gasteiger partial charge < -0.3 is 20.2 Å². The summed E-state index contributed by atoms with van der Waals surface area (Å²) in [5, 5.41) is 14.5. The Labute approximate surface area is 160 Å². The minimum Gasteiger partial charge on any atom is -0.473 e. The number of benzene rings is 1. The molecule has 0 bridgehead atoms. The second kappa shape index (κ2) is 7.75.